The molecule has 0 saturated heterocycles. The Kier molecular flexibility index (Phi) is 5.03. The largest absolute Gasteiger partial charge is 0.481 e. The van der Waals surface area contributed by atoms with E-state index in [2.05, 4.69) is 10.3 Å². The molecule has 1 aromatic heterocycles. The number of benzene rings is 2. The van der Waals surface area contributed by atoms with E-state index in [-0.39, 0.29) is 18.2 Å². The van der Waals surface area contributed by atoms with Crippen LogP contribution in [-0.4, -0.2) is 22.4 Å². The number of anilines is 1. The van der Waals surface area contributed by atoms with E-state index in [9.17, 15) is 14.9 Å². The summed E-state index contributed by atoms with van der Waals surface area (Å²) in [5.74, 6) is 0.0104. The van der Waals surface area contributed by atoms with E-state index >= 15 is 0 Å². The number of nitro benzene ring substituents is 1. The summed E-state index contributed by atoms with van der Waals surface area (Å²) in [5.41, 5.74) is 4.14. The molecular formula is C20H19N3O4. The molecule has 0 spiro atoms. The lowest BCUT2D eigenvalue weighted by atomic mass is 10.1. The minimum absolute atomic E-state index is 0.0548. The highest BCUT2D eigenvalue weighted by Crippen LogP contribution is 2.31. The first-order valence-electron chi connectivity index (χ1n) is 8.39. The van der Waals surface area contributed by atoms with Crippen molar-refractivity contribution in [1.82, 2.24) is 4.98 Å². The highest BCUT2D eigenvalue weighted by molar-refractivity contribution is 5.95. The summed E-state index contributed by atoms with van der Waals surface area (Å²) in [5, 5.41) is 14.4. The van der Waals surface area contributed by atoms with Crippen LogP contribution in [0.25, 0.3) is 10.9 Å². The number of nitro groups is 1. The van der Waals surface area contributed by atoms with E-state index in [1.165, 1.54) is 18.3 Å². The molecule has 1 heterocycles. The van der Waals surface area contributed by atoms with Crippen LogP contribution in [0.15, 0.2) is 42.6 Å². The van der Waals surface area contributed by atoms with E-state index in [4.69, 9.17) is 4.74 Å². The number of pyridine rings is 1. The molecular weight excluding hydrogens is 346 g/mol. The monoisotopic (exact) mass is 365 g/mol. The van der Waals surface area contributed by atoms with Crippen LogP contribution in [-0.2, 0) is 4.79 Å². The SMILES string of the molecule is Cc1cc(C)c(NC(=O)COc2ccc([N+](=O)[O-])c3cccnc23)c(C)c1. The third kappa shape index (κ3) is 3.87. The van der Waals surface area contributed by atoms with Crippen molar-refractivity contribution in [2.45, 2.75) is 20.8 Å². The molecule has 0 radical (unpaired) electrons. The minimum Gasteiger partial charge on any atom is -0.481 e. The zero-order valence-corrected chi connectivity index (χ0v) is 15.3. The van der Waals surface area contributed by atoms with Crippen LogP contribution < -0.4 is 10.1 Å². The van der Waals surface area contributed by atoms with Gasteiger partial charge in [0.15, 0.2) is 6.61 Å². The van der Waals surface area contributed by atoms with Crippen LogP contribution in [0.3, 0.4) is 0 Å². The number of fused-ring (bicyclic) bond motifs is 1. The predicted molar refractivity (Wildman–Crippen MR) is 103 cm³/mol. The van der Waals surface area contributed by atoms with E-state index in [1.54, 1.807) is 12.1 Å². The zero-order valence-electron chi connectivity index (χ0n) is 15.3. The molecule has 0 atom stereocenters. The molecule has 1 N–H and O–H groups in total. The molecule has 1 amide bonds. The second kappa shape index (κ2) is 7.41. The molecule has 138 valence electrons. The number of ether oxygens (including phenoxy) is 1. The fourth-order valence-corrected chi connectivity index (χ4v) is 3.10. The van der Waals surface area contributed by atoms with Gasteiger partial charge in [-0.2, -0.15) is 0 Å². The molecule has 0 aliphatic carbocycles. The molecule has 3 aromatic rings. The smallest absolute Gasteiger partial charge is 0.279 e. The van der Waals surface area contributed by atoms with E-state index in [0.717, 1.165) is 22.4 Å². The van der Waals surface area contributed by atoms with Gasteiger partial charge >= 0.3 is 0 Å². The Balaban J connectivity index is 1.79. The molecule has 0 saturated carbocycles. The van der Waals surface area contributed by atoms with Crippen LogP contribution in [0, 0.1) is 30.9 Å². The molecule has 0 fully saturated rings. The first-order chi connectivity index (χ1) is 12.9. The Morgan fingerprint density at radius 3 is 2.56 bits per heavy atom. The minimum atomic E-state index is -0.469. The first kappa shape index (κ1) is 18.3. The van der Waals surface area contributed by atoms with Crippen molar-refractivity contribution >= 4 is 28.2 Å². The van der Waals surface area contributed by atoms with Gasteiger partial charge in [0.05, 0.1) is 10.3 Å². The summed E-state index contributed by atoms with van der Waals surface area (Å²) in [6, 6.07) is 10.0. The molecule has 7 heteroatoms. The van der Waals surface area contributed by atoms with E-state index in [1.807, 2.05) is 32.9 Å². The van der Waals surface area contributed by atoms with Crippen LogP contribution in [0.2, 0.25) is 0 Å². The number of nitrogens with one attached hydrogen (secondary N) is 1. The quantitative estimate of drug-likeness (QED) is 0.543. The van der Waals surface area contributed by atoms with Gasteiger partial charge in [-0.15, -0.1) is 0 Å². The second-order valence-electron chi connectivity index (χ2n) is 6.35. The molecule has 0 aliphatic rings. The van der Waals surface area contributed by atoms with E-state index in [0.29, 0.717) is 16.7 Å². The summed E-state index contributed by atoms with van der Waals surface area (Å²) in [6.45, 7) is 5.64. The Morgan fingerprint density at radius 1 is 1.19 bits per heavy atom. The highest BCUT2D eigenvalue weighted by atomic mass is 16.6. The molecule has 0 aliphatic heterocycles. The number of nitrogens with zero attached hydrogens (tertiary/aromatic N) is 2. The Labute approximate surface area is 156 Å². The maximum absolute atomic E-state index is 12.3. The standard InChI is InChI=1S/C20H19N3O4/c1-12-9-13(2)19(14(3)10-12)22-18(24)11-27-17-7-6-16(23(25)26)15-5-4-8-21-20(15)17/h4-10H,11H2,1-3H3,(H,22,24). The fourth-order valence-electron chi connectivity index (χ4n) is 3.10. The molecule has 2 aromatic carbocycles. The highest BCUT2D eigenvalue weighted by Gasteiger charge is 2.16. The zero-order chi connectivity index (χ0) is 19.6. The number of rotatable bonds is 5. The average Bonchev–Trinajstić information content (AvgIpc) is 2.62. The molecule has 27 heavy (non-hydrogen) atoms. The number of non-ortho nitro benzene ring substituents is 1. The van der Waals surface area contributed by atoms with Gasteiger partial charge in [0.2, 0.25) is 0 Å². The van der Waals surface area contributed by atoms with Crippen LogP contribution in [0.5, 0.6) is 5.75 Å². The number of carbonyl (C=O) groups is 1. The van der Waals surface area contributed by atoms with Crippen molar-refractivity contribution in [3.8, 4) is 5.75 Å². The summed E-state index contributed by atoms with van der Waals surface area (Å²) in [4.78, 5) is 27.2. The van der Waals surface area contributed by atoms with Crippen LogP contribution >= 0.6 is 0 Å². The molecule has 0 bridgehead atoms. The second-order valence-corrected chi connectivity index (χ2v) is 6.35. The first-order valence-corrected chi connectivity index (χ1v) is 8.39. The lowest BCUT2D eigenvalue weighted by Crippen LogP contribution is -2.21. The topological polar surface area (TPSA) is 94.4 Å². The van der Waals surface area contributed by atoms with Gasteiger partial charge < -0.3 is 10.1 Å². The van der Waals surface area contributed by atoms with Gasteiger partial charge in [-0.3, -0.25) is 19.9 Å². The normalized spacial score (nSPS) is 10.6. The predicted octanol–water partition coefficient (Wildman–Crippen LogP) is 4.09. The lowest BCUT2D eigenvalue weighted by Gasteiger charge is -2.13. The maximum Gasteiger partial charge on any atom is 0.279 e. The third-order valence-corrected chi connectivity index (χ3v) is 4.21. The summed E-state index contributed by atoms with van der Waals surface area (Å²) < 4.78 is 5.59. The van der Waals surface area contributed by atoms with Crippen molar-refractivity contribution in [2.75, 3.05) is 11.9 Å². The van der Waals surface area contributed by atoms with Crippen molar-refractivity contribution in [1.29, 1.82) is 0 Å². The molecule has 3 rings (SSSR count). The Morgan fingerprint density at radius 2 is 1.89 bits per heavy atom. The van der Waals surface area contributed by atoms with Gasteiger partial charge in [0, 0.05) is 18.0 Å². The third-order valence-electron chi connectivity index (χ3n) is 4.21. The van der Waals surface area contributed by atoms with Crippen LogP contribution in [0.4, 0.5) is 11.4 Å². The number of carbonyl (C=O) groups excluding carboxylic acids is 1. The van der Waals surface area contributed by atoms with E-state index < -0.39 is 4.92 Å². The van der Waals surface area contributed by atoms with Crippen LogP contribution in [0.1, 0.15) is 16.7 Å². The van der Waals surface area contributed by atoms with Crippen molar-refractivity contribution in [3.05, 3.63) is 69.4 Å². The number of amides is 1. The fraction of sp³-hybridized carbons (Fsp3) is 0.200. The number of hydrogen-bond donors (Lipinski definition) is 1. The summed E-state index contributed by atoms with van der Waals surface area (Å²) in [7, 11) is 0. The van der Waals surface area contributed by atoms with Gasteiger partial charge in [0.1, 0.15) is 11.3 Å². The Hall–Kier alpha value is -3.48. The van der Waals surface area contributed by atoms with Crippen molar-refractivity contribution in [2.24, 2.45) is 0 Å². The maximum atomic E-state index is 12.3. The number of hydrogen-bond acceptors (Lipinski definition) is 5. The Bertz CT molecular complexity index is 1020. The van der Waals surface area contributed by atoms with Gasteiger partial charge in [0.25, 0.3) is 11.6 Å². The summed E-state index contributed by atoms with van der Waals surface area (Å²) in [6.07, 6.45) is 1.53. The van der Waals surface area contributed by atoms with Crippen molar-refractivity contribution < 1.29 is 14.5 Å². The average molecular weight is 365 g/mol. The van der Waals surface area contributed by atoms with Gasteiger partial charge in [-0.05, 0) is 50.1 Å². The van der Waals surface area contributed by atoms with Crippen molar-refractivity contribution in [3.63, 3.8) is 0 Å². The number of aromatic nitrogens is 1. The molecule has 0 unspecified atom stereocenters. The number of aryl methyl sites for hydroxylation is 3. The molecule has 7 nitrogen and oxygen atoms in total. The lowest BCUT2D eigenvalue weighted by molar-refractivity contribution is -0.383. The summed E-state index contributed by atoms with van der Waals surface area (Å²) >= 11 is 0. The van der Waals surface area contributed by atoms with Gasteiger partial charge in [-0.1, -0.05) is 17.7 Å². The van der Waals surface area contributed by atoms with Gasteiger partial charge in [-0.25, -0.2) is 0 Å².